The fourth-order valence-corrected chi connectivity index (χ4v) is 6.00. The molecule has 0 aliphatic rings. The van der Waals surface area contributed by atoms with Crippen molar-refractivity contribution in [3.63, 3.8) is 0 Å². The fourth-order valence-electron chi connectivity index (χ4n) is 3.66. The van der Waals surface area contributed by atoms with Gasteiger partial charge in [-0.05, 0) is 49.4 Å². The number of nitrogens with zero attached hydrogens (tertiary/aromatic N) is 1. The van der Waals surface area contributed by atoms with Crippen LogP contribution in [0.5, 0.6) is 0 Å². The van der Waals surface area contributed by atoms with Crippen LogP contribution in [-0.2, 0) is 22.0 Å². The highest BCUT2D eigenvalue weighted by Crippen LogP contribution is 2.29. The van der Waals surface area contributed by atoms with Crippen molar-refractivity contribution in [3.05, 3.63) is 63.8 Å². The van der Waals surface area contributed by atoms with Crippen LogP contribution >= 0.6 is 11.3 Å². The second-order valence-electron chi connectivity index (χ2n) is 7.72. The monoisotopic (exact) mass is 418 g/mol. The number of aryl methyl sites for hydroxylation is 1. The number of thiazole rings is 1. The third-order valence-corrected chi connectivity index (χ3v) is 7.52. The van der Waals surface area contributed by atoms with Gasteiger partial charge in [-0.15, -0.1) is 0 Å². The van der Waals surface area contributed by atoms with E-state index in [9.17, 15) is 13.2 Å². The van der Waals surface area contributed by atoms with Gasteiger partial charge in [0, 0.05) is 12.6 Å². The molecule has 1 aromatic heterocycles. The zero-order valence-electron chi connectivity index (χ0n) is 16.6. The summed E-state index contributed by atoms with van der Waals surface area (Å²) in [5.41, 5.74) is 1.79. The summed E-state index contributed by atoms with van der Waals surface area (Å²) < 4.78 is 30.9. The standard InChI is InChI=1S/C21H26N2O3S2/c1-5-23-18-12-11-17(13-19(18)27-20(23)24)28(25,26)22-15(2)14-21(3,4)16-9-7-6-8-10-16/h6-13,15,22H,5,14H2,1-4H3/t15-/m0/s1. The van der Waals surface area contributed by atoms with Crippen molar-refractivity contribution in [2.45, 2.75) is 57.0 Å². The van der Waals surface area contributed by atoms with E-state index in [1.54, 1.807) is 22.8 Å². The summed E-state index contributed by atoms with van der Waals surface area (Å²) >= 11 is 1.07. The van der Waals surface area contributed by atoms with E-state index in [1.807, 2.05) is 32.0 Å². The van der Waals surface area contributed by atoms with Gasteiger partial charge in [0.2, 0.25) is 10.0 Å². The lowest BCUT2D eigenvalue weighted by Gasteiger charge is -2.29. The Morgan fingerprint density at radius 3 is 2.46 bits per heavy atom. The maximum Gasteiger partial charge on any atom is 0.308 e. The van der Waals surface area contributed by atoms with Gasteiger partial charge in [0.05, 0.1) is 15.1 Å². The summed E-state index contributed by atoms with van der Waals surface area (Å²) in [6.07, 6.45) is 0.665. The zero-order valence-corrected chi connectivity index (χ0v) is 18.2. The summed E-state index contributed by atoms with van der Waals surface area (Å²) in [6, 6.07) is 14.7. The first-order valence-corrected chi connectivity index (χ1v) is 11.7. The molecule has 0 radical (unpaired) electrons. The number of rotatable bonds is 7. The Morgan fingerprint density at radius 2 is 1.82 bits per heavy atom. The molecule has 1 heterocycles. The van der Waals surface area contributed by atoms with Gasteiger partial charge in [0.1, 0.15) is 0 Å². The van der Waals surface area contributed by atoms with Crippen LogP contribution in [0.4, 0.5) is 0 Å². The van der Waals surface area contributed by atoms with Crippen molar-refractivity contribution in [1.82, 2.24) is 9.29 Å². The summed E-state index contributed by atoms with van der Waals surface area (Å²) in [6.45, 7) is 8.58. The molecule has 0 fully saturated rings. The minimum atomic E-state index is -3.67. The highest BCUT2D eigenvalue weighted by Gasteiger charge is 2.26. The third-order valence-electron chi connectivity index (χ3n) is 4.99. The van der Waals surface area contributed by atoms with E-state index < -0.39 is 10.0 Å². The van der Waals surface area contributed by atoms with Crippen LogP contribution in [0.1, 0.15) is 39.7 Å². The van der Waals surface area contributed by atoms with Crippen molar-refractivity contribution in [1.29, 1.82) is 0 Å². The Labute approximate surface area is 170 Å². The van der Waals surface area contributed by atoms with Crippen molar-refractivity contribution in [2.24, 2.45) is 0 Å². The molecule has 0 spiro atoms. The topological polar surface area (TPSA) is 68.2 Å². The normalized spacial score (nSPS) is 13.7. The van der Waals surface area contributed by atoms with Gasteiger partial charge in [-0.25, -0.2) is 13.1 Å². The van der Waals surface area contributed by atoms with Crippen LogP contribution in [0.3, 0.4) is 0 Å². The molecule has 5 nitrogen and oxygen atoms in total. The molecule has 3 aromatic rings. The van der Waals surface area contributed by atoms with Crippen LogP contribution in [0.25, 0.3) is 10.2 Å². The highest BCUT2D eigenvalue weighted by molar-refractivity contribution is 7.89. The van der Waals surface area contributed by atoms with Gasteiger partial charge in [-0.2, -0.15) is 0 Å². The molecule has 150 valence electrons. The molecule has 0 bridgehead atoms. The van der Waals surface area contributed by atoms with Crippen molar-refractivity contribution in [2.75, 3.05) is 0 Å². The lowest BCUT2D eigenvalue weighted by atomic mass is 9.79. The van der Waals surface area contributed by atoms with Crippen LogP contribution in [0, 0.1) is 0 Å². The molecular formula is C21H26N2O3S2. The molecule has 0 unspecified atom stereocenters. The maximum absolute atomic E-state index is 12.9. The molecule has 0 saturated heterocycles. The highest BCUT2D eigenvalue weighted by atomic mass is 32.2. The van der Waals surface area contributed by atoms with Crippen LogP contribution < -0.4 is 9.60 Å². The van der Waals surface area contributed by atoms with Gasteiger partial charge in [-0.1, -0.05) is 55.5 Å². The summed E-state index contributed by atoms with van der Waals surface area (Å²) in [5, 5.41) is 0. The SMILES string of the molecule is CCn1c(=O)sc2cc(S(=O)(=O)N[C@@H](C)CC(C)(C)c3ccccc3)ccc21. The van der Waals surface area contributed by atoms with E-state index in [2.05, 4.69) is 30.7 Å². The van der Waals surface area contributed by atoms with Crippen LogP contribution in [-0.4, -0.2) is 19.0 Å². The van der Waals surface area contributed by atoms with E-state index in [-0.39, 0.29) is 21.2 Å². The summed E-state index contributed by atoms with van der Waals surface area (Å²) in [4.78, 5) is 12.1. The summed E-state index contributed by atoms with van der Waals surface area (Å²) in [5.74, 6) is 0. The van der Waals surface area contributed by atoms with Crippen molar-refractivity contribution in [3.8, 4) is 0 Å². The van der Waals surface area contributed by atoms with Crippen molar-refractivity contribution >= 4 is 31.6 Å². The second-order valence-corrected chi connectivity index (χ2v) is 10.4. The lowest BCUT2D eigenvalue weighted by molar-refractivity contribution is 0.418. The van der Waals surface area contributed by atoms with E-state index >= 15 is 0 Å². The first-order valence-electron chi connectivity index (χ1n) is 9.35. The number of fused-ring (bicyclic) bond motifs is 1. The molecule has 0 aliphatic carbocycles. The molecule has 1 N–H and O–H groups in total. The van der Waals surface area contributed by atoms with Gasteiger partial charge in [0.15, 0.2) is 0 Å². The van der Waals surface area contributed by atoms with Gasteiger partial charge < -0.3 is 0 Å². The quantitative estimate of drug-likeness (QED) is 0.628. The molecule has 0 saturated carbocycles. The second kappa shape index (κ2) is 7.81. The van der Waals surface area contributed by atoms with E-state index in [0.29, 0.717) is 17.7 Å². The average molecular weight is 419 g/mol. The molecule has 1 atom stereocenters. The Morgan fingerprint density at radius 1 is 1.14 bits per heavy atom. The Kier molecular flexibility index (Phi) is 5.79. The molecule has 3 rings (SSSR count). The van der Waals surface area contributed by atoms with E-state index in [0.717, 1.165) is 16.9 Å². The number of hydrogen-bond acceptors (Lipinski definition) is 4. The number of hydrogen-bond donors (Lipinski definition) is 1. The fraction of sp³-hybridized carbons (Fsp3) is 0.381. The lowest BCUT2D eigenvalue weighted by Crippen LogP contribution is -2.37. The Bertz CT molecular complexity index is 1130. The largest absolute Gasteiger partial charge is 0.308 e. The predicted molar refractivity (Wildman–Crippen MR) is 116 cm³/mol. The van der Waals surface area contributed by atoms with E-state index in [4.69, 9.17) is 0 Å². The smallest absolute Gasteiger partial charge is 0.299 e. The average Bonchev–Trinajstić information content (AvgIpc) is 2.95. The van der Waals surface area contributed by atoms with Gasteiger partial charge in [-0.3, -0.25) is 9.36 Å². The molecule has 0 amide bonds. The third kappa shape index (κ3) is 4.21. The zero-order chi connectivity index (χ0) is 20.5. The number of benzene rings is 2. The van der Waals surface area contributed by atoms with Gasteiger partial charge >= 0.3 is 4.87 Å². The van der Waals surface area contributed by atoms with Crippen LogP contribution in [0.2, 0.25) is 0 Å². The number of nitrogens with one attached hydrogen (secondary N) is 1. The predicted octanol–water partition coefficient (Wildman–Crippen LogP) is 4.12. The Balaban J connectivity index is 1.81. The Hall–Kier alpha value is -1.96. The first kappa shape index (κ1) is 20.8. The molecule has 28 heavy (non-hydrogen) atoms. The van der Waals surface area contributed by atoms with Crippen molar-refractivity contribution < 1.29 is 8.42 Å². The van der Waals surface area contributed by atoms with Gasteiger partial charge in [0.25, 0.3) is 0 Å². The van der Waals surface area contributed by atoms with Crippen LogP contribution in [0.15, 0.2) is 58.2 Å². The summed E-state index contributed by atoms with van der Waals surface area (Å²) in [7, 11) is -3.67. The molecule has 7 heteroatoms. The first-order chi connectivity index (χ1) is 13.1. The number of sulfonamides is 1. The molecule has 0 aliphatic heterocycles. The minimum absolute atomic E-state index is 0.0713. The molecular weight excluding hydrogens is 392 g/mol. The number of aromatic nitrogens is 1. The van der Waals surface area contributed by atoms with E-state index in [1.165, 1.54) is 5.56 Å². The minimum Gasteiger partial charge on any atom is -0.299 e. The molecule has 2 aromatic carbocycles. The maximum atomic E-state index is 12.9.